The van der Waals surface area contributed by atoms with Gasteiger partial charge in [-0.05, 0) is 45.6 Å². The Labute approximate surface area is 169 Å². The Balaban J connectivity index is 1.51. The molecule has 1 aliphatic heterocycles. The molecule has 0 saturated carbocycles. The lowest BCUT2D eigenvalue weighted by atomic mass is 9.92. The van der Waals surface area contributed by atoms with E-state index in [1.54, 1.807) is 17.5 Å². The maximum Gasteiger partial charge on any atom is 0.168 e. The number of fused-ring (bicyclic) bond motifs is 1. The molecule has 0 saturated heterocycles. The van der Waals surface area contributed by atoms with E-state index in [2.05, 4.69) is 48.3 Å². The smallest absolute Gasteiger partial charge is 0.168 e. The third-order valence-electron chi connectivity index (χ3n) is 5.31. The zero-order valence-corrected chi connectivity index (χ0v) is 17.4. The molecule has 3 heterocycles. The summed E-state index contributed by atoms with van der Waals surface area (Å²) in [5.41, 5.74) is 1.79. The molecule has 1 N–H and O–H groups in total. The van der Waals surface area contributed by atoms with Gasteiger partial charge in [0.1, 0.15) is 10.8 Å². The number of anilines is 1. The van der Waals surface area contributed by atoms with Crippen LogP contribution in [0.2, 0.25) is 0 Å². The van der Waals surface area contributed by atoms with Crippen LogP contribution in [0.5, 0.6) is 0 Å². The number of rotatable bonds is 6. The van der Waals surface area contributed by atoms with E-state index in [1.807, 2.05) is 29.1 Å². The number of ketones is 1. The first-order valence-electron chi connectivity index (χ1n) is 9.78. The molecule has 2 aromatic heterocycles. The van der Waals surface area contributed by atoms with E-state index in [0.29, 0.717) is 12.0 Å². The third-order valence-corrected chi connectivity index (χ3v) is 6.33. The van der Waals surface area contributed by atoms with E-state index in [9.17, 15) is 4.79 Å². The molecule has 0 fully saturated rings. The second-order valence-electron chi connectivity index (χ2n) is 8.10. The molecule has 28 heavy (non-hydrogen) atoms. The fourth-order valence-corrected chi connectivity index (χ4v) is 4.69. The van der Waals surface area contributed by atoms with E-state index in [4.69, 9.17) is 0 Å². The molecule has 4 rings (SSSR count). The molecule has 1 atom stereocenters. The highest BCUT2D eigenvalue weighted by Crippen LogP contribution is 2.41. The average molecular weight is 395 g/mol. The quantitative estimate of drug-likeness (QED) is 0.588. The summed E-state index contributed by atoms with van der Waals surface area (Å²) in [6, 6.07) is 10.4. The monoisotopic (exact) mass is 394 g/mol. The van der Waals surface area contributed by atoms with Crippen LogP contribution in [0.3, 0.4) is 0 Å². The molecular weight excluding hydrogens is 368 g/mol. The molecule has 1 unspecified atom stereocenters. The fourth-order valence-electron chi connectivity index (χ4n) is 3.87. The molecule has 5 nitrogen and oxygen atoms in total. The van der Waals surface area contributed by atoms with Gasteiger partial charge in [-0.1, -0.05) is 30.3 Å². The topological polar surface area (TPSA) is 59.8 Å². The van der Waals surface area contributed by atoms with Crippen molar-refractivity contribution in [1.82, 2.24) is 14.8 Å². The van der Waals surface area contributed by atoms with Gasteiger partial charge in [0.15, 0.2) is 5.78 Å². The Morgan fingerprint density at radius 3 is 2.79 bits per heavy atom. The normalized spacial score (nSPS) is 17.8. The molecule has 0 aliphatic carbocycles. The summed E-state index contributed by atoms with van der Waals surface area (Å²) in [6.07, 6.45) is 6.80. The summed E-state index contributed by atoms with van der Waals surface area (Å²) in [6.45, 7) is 6.41. The standard InChI is InChI=1S/C22H26N4OS/c1-15-13-23-21(28-15)18-12-22(2,3)26-20(25-18)17(14-24-26)19(27)11-7-10-16-8-5-4-6-9-16/h4-6,8-9,13-14,18,25H,7,10-12H2,1-3H3. The lowest BCUT2D eigenvalue weighted by Crippen LogP contribution is -2.38. The van der Waals surface area contributed by atoms with Crippen molar-refractivity contribution < 1.29 is 4.79 Å². The maximum absolute atomic E-state index is 12.9. The SMILES string of the molecule is Cc1cnc(C2CC(C)(C)n3ncc(C(=O)CCCc4ccccc4)c3N2)s1. The number of benzene rings is 1. The first-order chi connectivity index (χ1) is 13.4. The van der Waals surface area contributed by atoms with Gasteiger partial charge in [0.05, 0.1) is 23.3 Å². The Morgan fingerprint density at radius 1 is 1.29 bits per heavy atom. The van der Waals surface area contributed by atoms with Crippen LogP contribution in [-0.2, 0) is 12.0 Å². The summed E-state index contributed by atoms with van der Waals surface area (Å²) < 4.78 is 1.97. The van der Waals surface area contributed by atoms with Crippen LogP contribution < -0.4 is 5.32 Å². The molecule has 0 spiro atoms. The summed E-state index contributed by atoms with van der Waals surface area (Å²) in [5.74, 6) is 0.982. The van der Waals surface area contributed by atoms with Gasteiger partial charge in [-0.3, -0.25) is 4.79 Å². The zero-order chi connectivity index (χ0) is 19.7. The molecule has 146 valence electrons. The number of aryl methyl sites for hydroxylation is 2. The third kappa shape index (κ3) is 3.74. The molecule has 1 aromatic carbocycles. The van der Waals surface area contributed by atoms with E-state index < -0.39 is 0 Å². The van der Waals surface area contributed by atoms with Crippen molar-refractivity contribution in [3.8, 4) is 0 Å². The number of nitrogens with one attached hydrogen (secondary N) is 1. The molecule has 0 bridgehead atoms. The highest BCUT2D eigenvalue weighted by molar-refractivity contribution is 7.11. The van der Waals surface area contributed by atoms with Crippen molar-refractivity contribution in [2.45, 2.75) is 58.0 Å². The van der Waals surface area contributed by atoms with Crippen molar-refractivity contribution in [3.05, 3.63) is 63.7 Å². The molecule has 0 radical (unpaired) electrons. The lowest BCUT2D eigenvalue weighted by Gasteiger charge is -2.37. The summed E-state index contributed by atoms with van der Waals surface area (Å²) in [7, 11) is 0. The molecule has 6 heteroatoms. The minimum Gasteiger partial charge on any atom is -0.360 e. The van der Waals surface area contributed by atoms with E-state index >= 15 is 0 Å². The Bertz CT molecular complexity index is 974. The van der Waals surface area contributed by atoms with Crippen molar-refractivity contribution >= 4 is 22.9 Å². The Morgan fingerprint density at radius 2 is 2.07 bits per heavy atom. The van der Waals surface area contributed by atoms with Gasteiger partial charge in [-0.15, -0.1) is 11.3 Å². The number of aromatic nitrogens is 3. The first kappa shape index (κ1) is 18.9. The zero-order valence-electron chi connectivity index (χ0n) is 16.6. The second-order valence-corrected chi connectivity index (χ2v) is 9.37. The van der Waals surface area contributed by atoms with Crippen molar-refractivity contribution in [2.24, 2.45) is 0 Å². The van der Waals surface area contributed by atoms with Gasteiger partial charge >= 0.3 is 0 Å². The van der Waals surface area contributed by atoms with Crippen LogP contribution in [0.4, 0.5) is 5.82 Å². The second kappa shape index (κ2) is 7.51. The van der Waals surface area contributed by atoms with Crippen LogP contribution in [0.15, 0.2) is 42.7 Å². The van der Waals surface area contributed by atoms with Gasteiger partial charge in [0.2, 0.25) is 0 Å². The van der Waals surface area contributed by atoms with Crippen LogP contribution in [0, 0.1) is 6.92 Å². The highest BCUT2D eigenvalue weighted by Gasteiger charge is 2.37. The number of carbonyl (C=O) groups excluding carboxylic acids is 1. The predicted molar refractivity (Wildman–Crippen MR) is 113 cm³/mol. The Hall–Kier alpha value is -2.47. The van der Waals surface area contributed by atoms with Gasteiger partial charge in [0.25, 0.3) is 0 Å². The molecular formula is C22H26N4OS. The number of thiazole rings is 1. The van der Waals surface area contributed by atoms with Crippen molar-refractivity contribution in [1.29, 1.82) is 0 Å². The largest absolute Gasteiger partial charge is 0.360 e. The van der Waals surface area contributed by atoms with Gasteiger partial charge in [0, 0.05) is 17.5 Å². The van der Waals surface area contributed by atoms with Crippen LogP contribution in [0.1, 0.15) is 65.0 Å². The van der Waals surface area contributed by atoms with Gasteiger partial charge in [-0.2, -0.15) is 5.10 Å². The van der Waals surface area contributed by atoms with Gasteiger partial charge in [-0.25, -0.2) is 9.67 Å². The molecule has 0 amide bonds. The number of Topliss-reactive ketones (excluding diaryl/α,β-unsaturated/α-hetero) is 1. The first-order valence-corrected chi connectivity index (χ1v) is 10.6. The molecule has 3 aromatic rings. The maximum atomic E-state index is 12.9. The number of nitrogens with zero attached hydrogens (tertiary/aromatic N) is 3. The lowest BCUT2D eigenvalue weighted by molar-refractivity contribution is 0.0980. The summed E-state index contributed by atoms with van der Waals surface area (Å²) in [5, 5.41) is 9.16. The summed E-state index contributed by atoms with van der Waals surface area (Å²) >= 11 is 1.71. The average Bonchev–Trinajstić information content (AvgIpc) is 3.29. The van der Waals surface area contributed by atoms with Crippen molar-refractivity contribution in [3.63, 3.8) is 0 Å². The van der Waals surface area contributed by atoms with E-state index in [1.165, 1.54) is 10.4 Å². The number of hydrogen-bond acceptors (Lipinski definition) is 5. The minimum absolute atomic E-state index is 0.105. The van der Waals surface area contributed by atoms with E-state index in [0.717, 1.165) is 30.1 Å². The highest BCUT2D eigenvalue weighted by atomic mass is 32.1. The number of hydrogen-bond donors (Lipinski definition) is 1. The Kier molecular flexibility index (Phi) is 5.06. The van der Waals surface area contributed by atoms with Crippen LogP contribution >= 0.6 is 11.3 Å². The van der Waals surface area contributed by atoms with Gasteiger partial charge < -0.3 is 5.32 Å². The fraction of sp³-hybridized carbons (Fsp3) is 0.409. The van der Waals surface area contributed by atoms with Crippen LogP contribution in [0.25, 0.3) is 0 Å². The van der Waals surface area contributed by atoms with E-state index in [-0.39, 0.29) is 17.4 Å². The minimum atomic E-state index is -0.173. The predicted octanol–water partition coefficient (Wildman–Crippen LogP) is 5.15. The molecule has 1 aliphatic rings. The van der Waals surface area contributed by atoms with Crippen molar-refractivity contribution in [2.75, 3.05) is 5.32 Å². The summed E-state index contributed by atoms with van der Waals surface area (Å²) in [4.78, 5) is 18.7. The van der Waals surface area contributed by atoms with Crippen LogP contribution in [-0.4, -0.2) is 20.5 Å². The number of carbonyl (C=O) groups is 1.